The molecule has 7 nitrogen and oxygen atoms in total. The number of benzene rings is 1. The molecule has 0 spiro atoms. The predicted molar refractivity (Wildman–Crippen MR) is 98.3 cm³/mol. The number of rotatable bonds is 7. The minimum atomic E-state index is -0.265. The Morgan fingerprint density at radius 1 is 1.08 bits per heavy atom. The first kappa shape index (κ1) is 17.3. The predicted octanol–water partition coefficient (Wildman–Crippen LogP) is 2.94. The number of carbonyl (C=O) groups is 1. The van der Waals surface area contributed by atoms with Crippen molar-refractivity contribution in [2.75, 3.05) is 11.9 Å². The first-order valence-corrected chi connectivity index (χ1v) is 8.23. The topological polar surface area (TPSA) is 89.0 Å². The lowest BCUT2D eigenvalue weighted by Crippen LogP contribution is -2.24. The average Bonchev–Trinajstić information content (AvgIpc) is 2.69. The maximum Gasteiger partial charge on any atom is 0.270 e. The number of carbonyl (C=O) groups excluding carboxylic acids is 1. The minimum absolute atomic E-state index is 0.265. The van der Waals surface area contributed by atoms with E-state index in [1.165, 1.54) is 6.33 Å². The van der Waals surface area contributed by atoms with Gasteiger partial charge in [0.1, 0.15) is 23.6 Å². The Morgan fingerprint density at radius 2 is 1.85 bits per heavy atom. The van der Waals surface area contributed by atoms with Crippen molar-refractivity contribution in [3.8, 4) is 5.75 Å². The number of nitrogens with zero attached hydrogens (tertiary/aromatic N) is 3. The zero-order valence-corrected chi connectivity index (χ0v) is 14.3. The molecule has 0 saturated heterocycles. The number of nitrogens with one attached hydrogen (secondary N) is 2. The highest BCUT2D eigenvalue weighted by Gasteiger charge is 2.09. The molecule has 0 atom stereocenters. The van der Waals surface area contributed by atoms with Crippen LogP contribution in [0.25, 0.3) is 0 Å². The third-order valence-electron chi connectivity index (χ3n) is 3.54. The van der Waals surface area contributed by atoms with Crippen molar-refractivity contribution < 1.29 is 9.53 Å². The zero-order chi connectivity index (χ0) is 18.2. The summed E-state index contributed by atoms with van der Waals surface area (Å²) < 4.78 is 5.41. The van der Waals surface area contributed by atoms with Crippen molar-refractivity contribution in [2.45, 2.75) is 13.5 Å². The van der Waals surface area contributed by atoms with Crippen LogP contribution in [0, 0.1) is 0 Å². The number of anilines is 2. The Bertz CT molecular complexity index is 853. The van der Waals surface area contributed by atoms with Gasteiger partial charge in [0, 0.05) is 30.7 Å². The van der Waals surface area contributed by atoms with Crippen LogP contribution in [-0.2, 0) is 6.54 Å². The van der Waals surface area contributed by atoms with Gasteiger partial charge in [-0.05, 0) is 48.9 Å². The summed E-state index contributed by atoms with van der Waals surface area (Å²) in [6.07, 6.45) is 4.73. The first-order chi connectivity index (χ1) is 12.7. The molecule has 132 valence electrons. The number of hydrogen-bond donors (Lipinski definition) is 2. The van der Waals surface area contributed by atoms with E-state index in [-0.39, 0.29) is 5.91 Å². The van der Waals surface area contributed by atoms with Crippen LogP contribution in [0.15, 0.2) is 61.2 Å². The zero-order valence-electron chi connectivity index (χ0n) is 14.3. The highest BCUT2D eigenvalue weighted by atomic mass is 16.5. The molecular weight excluding hydrogens is 330 g/mol. The van der Waals surface area contributed by atoms with Crippen LogP contribution < -0.4 is 15.4 Å². The molecule has 0 aliphatic rings. The van der Waals surface area contributed by atoms with Crippen LogP contribution in [-0.4, -0.2) is 27.5 Å². The molecule has 2 aromatic heterocycles. The van der Waals surface area contributed by atoms with Crippen LogP contribution in [0.5, 0.6) is 5.75 Å². The highest BCUT2D eigenvalue weighted by Crippen LogP contribution is 2.19. The fourth-order valence-electron chi connectivity index (χ4n) is 2.27. The van der Waals surface area contributed by atoms with E-state index in [9.17, 15) is 4.79 Å². The molecule has 0 aliphatic carbocycles. The second-order valence-electron chi connectivity index (χ2n) is 5.41. The van der Waals surface area contributed by atoms with E-state index >= 15 is 0 Å². The van der Waals surface area contributed by atoms with Crippen molar-refractivity contribution in [2.24, 2.45) is 0 Å². The number of hydrogen-bond acceptors (Lipinski definition) is 6. The fraction of sp³-hybridized carbons (Fsp3) is 0.158. The first-order valence-electron chi connectivity index (χ1n) is 8.23. The quantitative estimate of drug-likeness (QED) is 0.682. The Balaban J connectivity index is 1.62. The van der Waals surface area contributed by atoms with Crippen molar-refractivity contribution in [1.29, 1.82) is 0 Å². The number of pyridine rings is 1. The average molecular weight is 349 g/mol. The molecule has 0 radical (unpaired) electrons. The summed E-state index contributed by atoms with van der Waals surface area (Å²) in [4.78, 5) is 24.4. The Hall–Kier alpha value is -3.48. The van der Waals surface area contributed by atoms with Crippen molar-refractivity contribution in [3.05, 3.63) is 72.4 Å². The second-order valence-corrected chi connectivity index (χ2v) is 5.41. The second kappa shape index (κ2) is 8.57. The summed E-state index contributed by atoms with van der Waals surface area (Å²) in [5, 5.41) is 5.97. The molecule has 1 amide bonds. The molecule has 1 aromatic carbocycles. The lowest BCUT2D eigenvalue weighted by Gasteiger charge is -2.09. The van der Waals surface area contributed by atoms with Crippen molar-refractivity contribution in [3.63, 3.8) is 0 Å². The molecule has 0 fully saturated rings. The van der Waals surface area contributed by atoms with Gasteiger partial charge in [-0.2, -0.15) is 0 Å². The van der Waals surface area contributed by atoms with Crippen LogP contribution >= 0.6 is 0 Å². The van der Waals surface area contributed by atoms with E-state index in [1.807, 2.05) is 43.3 Å². The molecule has 2 heterocycles. The van der Waals surface area contributed by atoms with Crippen LogP contribution in [0.3, 0.4) is 0 Å². The van der Waals surface area contributed by atoms with Crippen LogP contribution in [0.2, 0.25) is 0 Å². The van der Waals surface area contributed by atoms with E-state index in [4.69, 9.17) is 4.74 Å². The van der Waals surface area contributed by atoms with Gasteiger partial charge in [0.05, 0.1) is 6.61 Å². The maximum absolute atomic E-state index is 12.3. The smallest absolute Gasteiger partial charge is 0.270 e. The lowest BCUT2D eigenvalue weighted by atomic mass is 10.2. The summed E-state index contributed by atoms with van der Waals surface area (Å²) in [7, 11) is 0. The fourth-order valence-corrected chi connectivity index (χ4v) is 2.27. The van der Waals surface area contributed by atoms with Gasteiger partial charge in [-0.25, -0.2) is 9.97 Å². The van der Waals surface area contributed by atoms with E-state index in [0.29, 0.717) is 24.7 Å². The third kappa shape index (κ3) is 4.76. The Labute approximate surface area is 151 Å². The number of aromatic nitrogens is 3. The molecule has 7 heteroatoms. The standard InChI is InChI=1S/C19H19N5O2/c1-2-26-16-5-3-15(4-6-16)24-18-11-17(22-13-23-18)19(25)21-12-14-7-9-20-10-8-14/h3-11,13H,2,12H2,1H3,(H,21,25)(H,22,23,24). The summed E-state index contributed by atoms with van der Waals surface area (Å²) >= 11 is 0. The molecule has 0 aliphatic heterocycles. The molecule has 0 bridgehead atoms. The molecule has 3 aromatic rings. The van der Waals surface area contributed by atoms with Gasteiger partial charge in [-0.3, -0.25) is 9.78 Å². The van der Waals surface area contributed by atoms with Gasteiger partial charge >= 0.3 is 0 Å². The lowest BCUT2D eigenvalue weighted by molar-refractivity contribution is 0.0946. The van der Waals surface area contributed by atoms with Gasteiger partial charge in [0.15, 0.2) is 0 Å². The van der Waals surface area contributed by atoms with Crippen molar-refractivity contribution >= 4 is 17.4 Å². The van der Waals surface area contributed by atoms with E-state index in [2.05, 4.69) is 25.6 Å². The highest BCUT2D eigenvalue weighted by molar-refractivity contribution is 5.92. The minimum Gasteiger partial charge on any atom is -0.494 e. The van der Waals surface area contributed by atoms with Gasteiger partial charge in [-0.1, -0.05) is 0 Å². The van der Waals surface area contributed by atoms with Gasteiger partial charge in [0.2, 0.25) is 0 Å². The van der Waals surface area contributed by atoms with Crippen LogP contribution in [0.1, 0.15) is 23.0 Å². The molecule has 3 rings (SSSR count). The number of amides is 1. The molecule has 26 heavy (non-hydrogen) atoms. The third-order valence-corrected chi connectivity index (χ3v) is 3.54. The van der Waals surface area contributed by atoms with Gasteiger partial charge < -0.3 is 15.4 Å². The summed E-state index contributed by atoms with van der Waals surface area (Å²) in [5.74, 6) is 1.08. The molecule has 0 saturated carbocycles. The summed E-state index contributed by atoms with van der Waals surface area (Å²) in [6.45, 7) is 2.97. The monoisotopic (exact) mass is 349 g/mol. The van der Waals surface area contributed by atoms with Crippen LogP contribution in [0.4, 0.5) is 11.5 Å². The molecule has 0 unspecified atom stereocenters. The largest absolute Gasteiger partial charge is 0.494 e. The Morgan fingerprint density at radius 3 is 2.58 bits per heavy atom. The maximum atomic E-state index is 12.3. The SMILES string of the molecule is CCOc1ccc(Nc2cc(C(=O)NCc3ccncc3)ncn2)cc1. The summed E-state index contributed by atoms with van der Waals surface area (Å²) in [5.41, 5.74) is 2.10. The normalized spacial score (nSPS) is 10.2. The summed E-state index contributed by atoms with van der Waals surface area (Å²) in [6, 6.07) is 12.8. The van der Waals surface area contributed by atoms with Gasteiger partial charge in [0.25, 0.3) is 5.91 Å². The van der Waals surface area contributed by atoms with Crippen molar-refractivity contribution in [1.82, 2.24) is 20.3 Å². The number of ether oxygens (including phenoxy) is 1. The molecular formula is C19H19N5O2. The Kier molecular flexibility index (Phi) is 5.72. The van der Waals surface area contributed by atoms with Gasteiger partial charge in [-0.15, -0.1) is 0 Å². The van der Waals surface area contributed by atoms with E-state index < -0.39 is 0 Å². The molecule has 2 N–H and O–H groups in total. The van der Waals surface area contributed by atoms with E-state index in [0.717, 1.165) is 17.0 Å². The van der Waals surface area contributed by atoms with E-state index in [1.54, 1.807) is 18.5 Å².